The largest absolute Gasteiger partial charge is 0.391 e. The molecule has 1 saturated heterocycles. The van der Waals surface area contributed by atoms with Gasteiger partial charge < -0.3 is 5.73 Å². The van der Waals surface area contributed by atoms with E-state index in [0.29, 0.717) is 0 Å². The van der Waals surface area contributed by atoms with Gasteiger partial charge in [-0.05, 0) is 25.0 Å². The third kappa shape index (κ3) is 3.35. The molecule has 0 amide bonds. The minimum absolute atomic E-state index is 0.0297. The number of rotatable bonds is 3. The van der Waals surface area contributed by atoms with E-state index in [0.717, 1.165) is 4.31 Å². The van der Waals surface area contributed by atoms with Gasteiger partial charge in [-0.3, -0.25) is 4.98 Å². The minimum atomic E-state index is -4.27. The highest BCUT2D eigenvalue weighted by Gasteiger charge is 2.43. The Morgan fingerprint density at radius 1 is 1.33 bits per heavy atom. The van der Waals surface area contributed by atoms with Crippen LogP contribution in [0.3, 0.4) is 0 Å². The molecule has 0 aliphatic carbocycles. The molecule has 2 heterocycles. The van der Waals surface area contributed by atoms with Gasteiger partial charge >= 0.3 is 6.18 Å². The lowest BCUT2D eigenvalue weighted by Gasteiger charge is -2.32. The van der Waals surface area contributed by atoms with Crippen LogP contribution in [0.25, 0.3) is 0 Å². The Hall–Kier alpha value is -1.19. The fourth-order valence-electron chi connectivity index (χ4n) is 2.37. The first-order valence-corrected chi connectivity index (χ1v) is 7.91. The van der Waals surface area contributed by atoms with Gasteiger partial charge in [0.25, 0.3) is 0 Å². The maximum absolute atomic E-state index is 12.6. The molecular weight excluding hydrogens is 307 g/mol. The summed E-state index contributed by atoms with van der Waals surface area (Å²) in [6.45, 7) is -0.342. The van der Waals surface area contributed by atoms with Gasteiger partial charge in [0, 0.05) is 25.8 Å². The van der Waals surface area contributed by atoms with Crippen LogP contribution in [0.5, 0.6) is 0 Å². The Kier molecular flexibility index (Phi) is 4.54. The second-order valence-electron chi connectivity index (χ2n) is 4.87. The van der Waals surface area contributed by atoms with Crippen LogP contribution in [0, 0.1) is 5.92 Å². The Morgan fingerprint density at radius 3 is 2.48 bits per heavy atom. The van der Waals surface area contributed by atoms with Crippen molar-refractivity contribution in [1.29, 1.82) is 0 Å². The maximum Gasteiger partial charge on any atom is 0.391 e. The Bertz CT molecular complexity index is 596. The van der Waals surface area contributed by atoms with E-state index in [1.54, 1.807) is 0 Å². The molecule has 0 unspecified atom stereocenters. The summed E-state index contributed by atoms with van der Waals surface area (Å²) in [5.41, 5.74) is 5.68. The molecule has 1 aromatic rings. The van der Waals surface area contributed by atoms with Crippen molar-refractivity contribution in [3.63, 3.8) is 0 Å². The number of alkyl halides is 3. The van der Waals surface area contributed by atoms with Gasteiger partial charge in [0.05, 0.1) is 11.6 Å². The molecule has 0 atom stereocenters. The highest BCUT2D eigenvalue weighted by Crippen LogP contribution is 2.35. The summed E-state index contributed by atoms with van der Waals surface area (Å²) >= 11 is 0. The first-order valence-electron chi connectivity index (χ1n) is 6.47. The van der Waals surface area contributed by atoms with Gasteiger partial charge in [-0.25, -0.2) is 8.42 Å². The molecule has 2 rings (SSSR count). The molecule has 0 spiro atoms. The van der Waals surface area contributed by atoms with E-state index >= 15 is 0 Å². The van der Waals surface area contributed by atoms with Crippen LogP contribution in [-0.2, 0) is 16.6 Å². The molecule has 5 nitrogen and oxygen atoms in total. The number of nitrogens with zero attached hydrogens (tertiary/aromatic N) is 2. The van der Waals surface area contributed by atoms with Crippen molar-refractivity contribution < 1.29 is 21.6 Å². The van der Waals surface area contributed by atoms with Crippen molar-refractivity contribution in [2.24, 2.45) is 11.7 Å². The monoisotopic (exact) mass is 323 g/mol. The average Bonchev–Trinajstić information content (AvgIpc) is 2.46. The van der Waals surface area contributed by atoms with Gasteiger partial charge in [-0.1, -0.05) is 0 Å². The molecule has 0 aromatic carbocycles. The zero-order valence-corrected chi connectivity index (χ0v) is 12.0. The van der Waals surface area contributed by atoms with E-state index in [9.17, 15) is 21.6 Å². The van der Waals surface area contributed by atoms with Crippen LogP contribution in [0.1, 0.15) is 18.5 Å². The number of hydrogen-bond acceptors (Lipinski definition) is 4. The molecule has 1 aromatic heterocycles. The van der Waals surface area contributed by atoms with Crippen LogP contribution in [-0.4, -0.2) is 37.0 Å². The predicted octanol–water partition coefficient (Wildman–Crippen LogP) is 1.50. The Balaban J connectivity index is 2.19. The molecule has 1 fully saturated rings. The summed E-state index contributed by atoms with van der Waals surface area (Å²) in [5.74, 6) is -1.44. The number of aromatic nitrogens is 1. The van der Waals surface area contributed by atoms with Crippen molar-refractivity contribution in [3.8, 4) is 0 Å². The fraction of sp³-hybridized carbons (Fsp3) is 0.583. The highest BCUT2D eigenvalue weighted by atomic mass is 32.2. The van der Waals surface area contributed by atoms with E-state index in [1.165, 1.54) is 18.3 Å². The molecule has 0 radical (unpaired) electrons. The first-order chi connectivity index (χ1) is 9.76. The second-order valence-corrected chi connectivity index (χ2v) is 6.78. The highest BCUT2D eigenvalue weighted by molar-refractivity contribution is 7.89. The van der Waals surface area contributed by atoms with Crippen LogP contribution in [0.4, 0.5) is 13.2 Å². The van der Waals surface area contributed by atoms with E-state index in [2.05, 4.69) is 4.98 Å². The van der Waals surface area contributed by atoms with Crippen molar-refractivity contribution in [2.75, 3.05) is 13.1 Å². The number of sulfonamides is 1. The summed E-state index contributed by atoms with van der Waals surface area (Å²) in [7, 11) is -3.85. The summed E-state index contributed by atoms with van der Waals surface area (Å²) in [6, 6.07) is 2.84. The number of hydrogen-bond donors (Lipinski definition) is 1. The second kappa shape index (κ2) is 5.90. The van der Waals surface area contributed by atoms with Gasteiger partial charge in [0.15, 0.2) is 0 Å². The van der Waals surface area contributed by atoms with Crippen molar-refractivity contribution in [1.82, 2.24) is 9.29 Å². The molecule has 21 heavy (non-hydrogen) atoms. The number of halogens is 3. The molecule has 0 saturated carbocycles. The Labute approximate surface area is 121 Å². The molecule has 1 aliphatic rings. The van der Waals surface area contributed by atoms with Crippen LogP contribution in [0.15, 0.2) is 23.2 Å². The SMILES string of the molecule is NCc1ncccc1S(=O)(=O)N1CCC(C(F)(F)F)CC1. The van der Waals surface area contributed by atoms with E-state index in [4.69, 9.17) is 5.73 Å². The summed E-state index contributed by atoms with van der Waals surface area (Å²) in [4.78, 5) is 3.87. The summed E-state index contributed by atoms with van der Waals surface area (Å²) < 4.78 is 63.9. The number of piperidine rings is 1. The summed E-state index contributed by atoms with van der Waals surface area (Å²) in [5, 5.41) is 0. The van der Waals surface area contributed by atoms with Crippen LogP contribution >= 0.6 is 0 Å². The topological polar surface area (TPSA) is 76.3 Å². The smallest absolute Gasteiger partial charge is 0.325 e. The lowest BCUT2D eigenvalue weighted by molar-refractivity contribution is -0.182. The van der Waals surface area contributed by atoms with E-state index < -0.39 is 22.1 Å². The number of nitrogens with two attached hydrogens (primary N) is 1. The van der Waals surface area contributed by atoms with Gasteiger partial charge in [0.2, 0.25) is 10.0 Å². The maximum atomic E-state index is 12.6. The van der Waals surface area contributed by atoms with Crippen molar-refractivity contribution in [3.05, 3.63) is 24.0 Å². The average molecular weight is 323 g/mol. The van der Waals surface area contributed by atoms with Gasteiger partial charge in [-0.2, -0.15) is 17.5 Å². The summed E-state index contributed by atoms with van der Waals surface area (Å²) in [6.07, 6.45) is -3.29. The lowest BCUT2D eigenvalue weighted by atomic mass is 9.98. The first kappa shape index (κ1) is 16.2. The zero-order valence-electron chi connectivity index (χ0n) is 11.2. The van der Waals surface area contributed by atoms with Gasteiger partial charge in [-0.15, -0.1) is 0 Å². The molecule has 1 aliphatic heterocycles. The lowest BCUT2D eigenvalue weighted by Crippen LogP contribution is -2.42. The number of pyridine rings is 1. The zero-order chi connectivity index (χ0) is 15.7. The third-order valence-corrected chi connectivity index (χ3v) is 5.55. The van der Waals surface area contributed by atoms with Crippen LogP contribution in [0.2, 0.25) is 0 Å². The molecule has 9 heteroatoms. The minimum Gasteiger partial charge on any atom is -0.325 e. The molecule has 118 valence electrons. The third-order valence-electron chi connectivity index (χ3n) is 3.58. The normalized spacial score (nSPS) is 18.9. The van der Waals surface area contributed by atoms with Gasteiger partial charge in [0.1, 0.15) is 4.90 Å². The molecular formula is C12H16F3N3O2S. The van der Waals surface area contributed by atoms with E-state index in [1.807, 2.05) is 0 Å². The predicted molar refractivity (Wildman–Crippen MR) is 69.7 cm³/mol. The van der Waals surface area contributed by atoms with E-state index in [-0.39, 0.29) is 43.1 Å². The standard InChI is InChI=1S/C12H16F3N3O2S/c13-12(14,15)9-3-6-18(7-4-9)21(19,20)11-2-1-5-17-10(11)8-16/h1-2,5,9H,3-4,6-8,16H2. The molecule has 2 N–H and O–H groups in total. The Morgan fingerprint density at radius 2 is 1.95 bits per heavy atom. The van der Waals surface area contributed by atoms with Crippen LogP contribution < -0.4 is 5.73 Å². The fourth-order valence-corrected chi connectivity index (χ4v) is 4.03. The van der Waals surface area contributed by atoms with Crippen molar-refractivity contribution >= 4 is 10.0 Å². The van der Waals surface area contributed by atoms with Crippen molar-refractivity contribution in [2.45, 2.75) is 30.5 Å². The molecule has 0 bridgehead atoms. The quantitative estimate of drug-likeness (QED) is 0.914.